The van der Waals surface area contributed by atoms with E-state index in [2.05, 4.69) is 35.1 Å². The summed E-state index contributed by atoms with van der Waals surface area (Å²) in [5.74, 6) is 1.18. The van der Waals surface area contributed by atoms with Crippen molar-refractivity contribution >= 4 is 5.82 Å². The maximum absolute atomic E-state index is 4.79. The molecule has 3 rings (SSSR count). The zero-order chi connectivity index (χ0) is 14.5. The van der Waals surface area contributed by atoms with Crippen molar-refractivity contribution in [2.75, 3.05) is 31.1 Å². The van der Waals surface area contributed by atoms with Crippen LogP contribution in [-0.4, -0.2) is 36.1 Å². The van der Waals surface area contributed by atoms with Gasteiger partial charge in [0.25, 0.3) is 0 Å². The molecule has 0 amide bonds. The summed E-state index contributed by atoms with van der Waals surface area (Å²) in [5.41, 5.74) is 1.41. The van der Waals surface area contributed by atoms with Crippen LogP contribution in [0.5, 0.6) is 0 Å². The Bertz CT molecular complexity index is 421. The fourth-order valence-corrected chi connectivity index (χ4v) is 3.83. The second kappa shape index (κ2) is 7.26. The van der Waals surface area contributed by atoms with Crippen LogP contribution in [0.4, 0.5) is 5.82 Å². The van der Waals surface area contributed by atoms with Gasteiger partial charge in [-0.25, -0.2) is 4.98 Å². The van der Waals surface area contributed by atoms with Crippen LogP contribution < -0.4 is 4.90 Å². The van der Waals surface area contributed by atoms with E-state index >= 15 is 0 Å². The fraction of sp³-hybridized carbons (Fsp3) is 0.722. The molecule has 0 saturated carbocycles. The van der Waals surface area contributed by atoms with Gasteiger partial charge in [-0.1, -0.05) is 32.3 Å². The summed E-state index contributed by atoms with van der Waals surface area (Å²) in [4.78, 5) is 9.86. The van der Waals surface area contributed by atoms with Gasteiger partial charge in [0, 0.05) is 25.3 Å². The van der Waals surface area contributed by atoms with Crippen molar-refractivity contribution in [2.24, 2.45) is 0 Å². The molecule has 2 fully saturated rings. The van der Waals surface area contributed by atoms with Crippen LogP contribution in [0.2, 0.25) is 0 Å². The number of aromatic nitrogens is 1. The molecule has 0 N–H and O–H groups in total. The van der Waals surface area contributed by atoms with Crippen LogP contribution in [-0.2, 0) is 0 Å². The van der Waals surface area contributed by atoms with Crippen molar-refractivity contribution in [1.82, 2.24) is 9.88 Å². The summed E-state index contributed by atoms with van der Waals surface area (Å²) >= 11 is 0. The molecule has 1 aromatic rings. The molecule has 116 valence electrons. The first-order valence-electron chi connectivity index (χ1n) is 8.83. The van der Waals surface area contributed by atoms with Gasteiger partial charge < -0.3 is 4.90 Å². The Balaban J connectivity index is 1.70. The molecule has 2 saturated heterocycles. The van der Waals surface area contributed by atoms with Crippen LogP contribution in [0.3, 0.4) is 0 Å². The molecule has 0 spiro atoms. The average molecular weight is 287 g/mol. The molecule has 3 heteroatoms. The normalized spacial score (nSPS) is 24.8. The number of pyridine rings is 1. The first kappa shape index (κ1) is 14.8. The summed E-state index contributed by atoms with van der Waals surface area (Å²) in [7, 11) is 0. The predicted octanol–water partition coefficient (Wildman–Crippen LogP) is 4.01. The molecule has 0 aromatic carbocycles. The number of anilines is 1. The third-order valence-corrected chi connectivity index (χ3v) is 5.11. The topological polar surface area (TPSA) is 19.4 Å². The highest BCUT2D eigenvalue weighted by atomic mass is 15.2. The number of rotatable bonds is 3. The monoisotopic (exact) mass is 287 g/mol. The molecule has 2 aliphatic rings. The molecule has 21 heavy (non-hydrogen) atoms. The van der Waals surface area contributed by atoms with Crippen LogP contribution in [0.25, 0.3) is 0 Å². The molecule has 1 atom stereocenters. The summed E-state index contributed by atoms with van der Waals surface area (Å²) in [6, 6.07) is 5.17. The SMILES string of the molecule is CCN1CCCCC1c1ccc(N2CCCCCC2)nc1. The van der Waals surface area contributed by atoms with Gasteiger partial charge in [-0.05, 0) is 50.4 Å². The molecule has 2 aliphatic heterocycles. The van der Waals surface area contributed by atoms with Gasteiger partial charge in [-0.15, -0.1) is 0 Å². The van der Waals surface area contributed by atoms with E-state index in [1.54, 1.807) is 0 Å². The Morgan fingerprint density at radius 2 is 1.76 bits per heavy atom. The lowest BCUT2D eigenvalue weighted by Gasteiger charge is -2.35. The maximum Gasteiger partial charge on any atom is 0.128 e. The smallest absolute Gasteiger partial charge is 0.128 e. The minimum atomic E-state index is 0.592. The van der Waals surface area contributed by atoms with Crippen molar-refractivity contribution in [1.29, 1.82) is 0 Å². The van der Waals surface area contributed by atoms with E-state index in [0.29, 0.717) is 6.04 Å². The second-order valence-electron chi connectivity index (χ2n) is 6.49. The van der Waals surface area contributed by atoms with Crippen molar-refractivity contribution < 1.29 is 0 Å². The zero-order valence-electron chi connectivity index (χ0n) is 13.4. The molecule has 0 radical (unpaired) electrons. The fourth-order valence-electron chi connectivity index (χ4n) is 3.83. The summed E-state index contributed by atoms with van der Waals surface area (Å²) in [5, 5.41) is 0. The number of hydrogen-bond acceptors (Lipinski definition) is 3. The van der Waals surface area contributed by atoms with E-state index in [4.69, 9.17) is 4.98 Å². The molecule has 3 nitrogen and oxygen atoms in total. The van der Waals surface area contributed by atoms with E-state index in [9.17, 15) is 0 Å². The van der Waals surface area contributed by atoms with Crippen molar-refractivity contribution in [3.05, 3.63) is 23.9 Å². The summed E-state index contributed by atoms with van der Waals surface area (Å²) in [6.07, 6.45) is 11.5. The van der Waals surface area contributed by atoms with Crippen molar-refractivity contribution in [3.8, 4) is 0 Å². The third-order valence-electron chi connectivity index (χ3n) is 5.11. The largest absolute Gasteiger partial charge is 0.357 e. The van der Waals surface area contributed by atoms with E-state index in [1.807, 2.05) is 0 Å². The molecule has 0 aliphatic carbocycles. The Kier molecular flexibility index (Phi) is 5.13. The summed E-state index contributed by atoms with van der Waals surface area (Å²) in [6.45, 7) is 7.03. The minimum absolute atomic E-state index is 0.592. The highest BCUT2D eigenvalue weighted by molar-refractivity contribution is 5.40. The lowest BCUT2D eigenvalue weighted by atomic mass is 9.96. The summed E-state index contributed by atoms with van der Waals surface area (Å²) < 4.78 is 0. The van der Waals surface area contributed by atoms with Crippen LogP contribution in [0.1, 0.15) is 63.5 Å². The van der Waals surface area contributed by atoms with E-state index in [0.717, 1.165) is 6.54 Å². The molecule has 3 heterocycles. The Labute approximate surface area is 129 Å². The van der Waals surface area contributed by atoms with Crippen molar-refractivity contribution in [3.63, 3.8) is 0 Å². The Hall–Kier alpha value is -1.09. The highest BCUT2D eigenvalue weighted by Gasteiger charge is 2.23. The lowest BCUT2D eigenvalue weighted by molar-refractivity contribution is 0.157. The standard InChI is InChI=1S/C18H29N3/c1-2-20-12-8-5-9-17(20)16-10-11-18(19-15-16)21-13-6-3-4-7-14-21/h10-11,15,17H,2-9,12-14H2,1H3. The third kappa shape index (κ3) is 3.57. The van der Waals surface area contributed by atoms with Gasteiger partial charge in [0.1, 0.15) is 5.82 Å². The number of nitrogens with zero attached hydrogens (tertiary/aromatic N) is 3. The molecule has 0 bridgehead atoms. The molecular weight excluding hydrogens is 258 g/mol. The highest BCUT2D eigenvalue weighted by Crippen LogP contribution is 2.31. The lowest BCUT2D eigenvalue weighted by Crippen LogP contribution is -2.33. The number of hydrogen-bond donors (Lipinski definition) is 0. The van der Waals surface area contributed by atoms with Gasteiger partial charge in [-0.3, -0.25) is 4.90 Å². The van der Waals surface area contributed by atoms with Crippen LogP contribution in [0.15, 0.2) is 18.3 Å². The van der Waals surface area contributed by atoms with Gasteiger partial charge >= 0.3 is 0 Å². The first-order chi connectivity index (χ1) is 10.4. The van der Waals surface area contributed by atoms with E-state index < -0.39 is 0 Å². The van der Waals surface area contributed by atoms with E-state index in [-0.39, 0.29) is 0 Å². The zero-order valence-corrected chi connectivity index (χ0v) is 13.4. The number of likely N-dealkylation sites (tertiary alicyclic amines) is 1. The number of piperidine rings is 1. The molecule has 1 unspecified atom stereocenters. The van der Waals surface area contributed by atoms with Gasteiger partial charge in [0.15, 0.2) is 0 Å². The Morgan fingerprint density at radius 3 is 2.43 bits per heavy atom. The van der Waals surface area contributed by atoms with Crippen LogP contribution >= 0.6 is 0 Å². The quantitative estimate of drug-likeness (QED) is 0.837. The average Bonchev–Trinajstić information content (AvgIpc) is 2.84. The minimum Gasteiger partial charge on any atom is -0.357 e. The molecule has 1 aromatic heterocycles. The first-order valence-corrected chi connectivity index (χ1v) is 8.83. The van der Waals surface area contributed by atoms with Crippen LogP contribution in [0, 0.1) is 0 Å². The predicted molar refractivity (Wildman–Crippen MR) is 88.8 cm³/mol. The van der Waals surface area contributed by atoms with E-state index in [1.165, 1.54) is 76.0 Å². The van der Waals surface area contributed by atoms with Gasteiger partial charge in [0.2, 0.25) is 0 Å². The maximum atomic E-state index is 4.79. The van der Waals surface area contributed by atoms with Crippen molar-refractivity contribution in [2.45, 2.75) is 57.9 Å². The Morgan fingerprint density at radius 1 is 1.00 bits per heavy atom. The van der Waals surface area contributed by atoms with Gasteiger partial charge in [0.05, 0.1) is 0 Å². The molecular formula is C18H29N3. The van der Waals surface area contributed by atoms with Gasteiger partial charge in [-0.2, -0.15) is 0 Å². The second-order valence-corrected chi connectivity index (χ2v) is 6.49.